The number of aromatic nitrogens is 2. The number of nitrogens with zero attached hydrogens (tertiary/aromatic N) is 3. The van der Waals surface area contributed by atoms with Crippen LogP contribution in [0.3, 0.4) is 0 Å². The molecule has 0 aliphatic rings. The Morgan fingerprint density at radius 3 is 2.75 bits per heavy atom. The number of pyridine rings is 2. The maximum atomic E-state index is 12.5. The van der Waals surface area contributed by atoms with E-state index < -0.39 is 10.0 Å². The Hall–Kier alpha value is -2.15. The van der Waals surface area contributed by atoms with Gasteiger partial charge in [0.2, 0.25) is 0 Å². The van der Waals surface area contributed by atoms with Crippen molar-refractivity contribution in [2.45, 2.75) is 11.8 Å². The molecular formula is C13H16N4O2S. The molecule has 0 spiro atoms. The highest BCUT2D eigenvalue weighted by atomic mass is 32.2. The topological polar surface area (TPSA) is 75.2 Å². The standard InChI is InChI=1S/C13H16N4O2S/c1-3-15-13-9-12(6-8-16-13)20(18,19)17(2)11-5-4-7-14-10-11/h4-10H,3H2,1-2H3,(H,15,16). The first-order valence-electron chi connectivity index (χ1n) is 6.14. The van der Waals surface area contributed by atoms with Crippen LogP contribution < -0.4 is 9.62 Å². The van der Waals surface area contributed by atoms with Crippen LogP contribution in [0.2, 0.25) is 0 Å². The van der Waals surface area contributed by atoms with Gasteiger partial charge in [0.15, 0.2) is 0 Å². The smallest absolute Gasteiger partial charge is 0.264 e. The molecule has 6 nitrogen and oxygen atoms in total. The highest BCUT2D eigenvalue weighted by molar-refractivity contribution is 7.92. The molecule has 106 valence electrons. The number of hydrogen-bond donors (Lipinski definition) is 1. The fraction of sp³-hybridized carbons (Fsp3) is 0.231. The minimum Gasteiger partial charge on any atom is -0.370 e. The monoisotopic (exact) mass is 292 g/mol. The Labute approximate surface area is 118 Å². The normalized spacial score (nSPS) is 11.1. The van der Waals surface area contributed by atoms with Crippen LogP contribution in [-0.2, 0) is 10.0 Å². The molecule has 0 aliphatic heterocycles. The van der Waals surface area contributed by atoms with Crippen LogP contribution in [-0.4, -0.2) is 32.0 Å². The van der Waals surface area contributed by atoms with Crippen molar-refractivity contribution in [2.24, 2.45) is 0 Å². The molecule has 0 atom stereocenters. The van der Waals surface area contributed by atoms with Crippen LogP contribution in [0.15, 0.2) is 47.8 Å². The second kappa shape index (κ2) is 5.87. The molecule has 0 aromatic carbocycles. The zero-order chi connectivity index (χ0) is 14.6. The predicted molar refractivity (Wildman–Crippen MR) is 78.2 cm³/mol. The van der Waals surface area contributed by atoms with Crippen molar-refractivity contribution < 1.29 is 8.42 Å². The van der Waals surface area contributed by atoms with Crippen molar-refractivity contribution in [1.29, 1.82) is 0 Å². The molecule has 2 rings (SSSR count). The van der Waals surface area contributed by atoms with Gasteiger partial charge in [-0.2, -0.15) is 0 Å². The van der Waals surface area contributed by atoms with Gasteiger partial charge in [-0.3, -0.25) is 9.29 Å². The van der Waals surface area contributed by atoms with Crippen LogP contribution in [0.25, 0.3) is 0 Å². The van der Waals surface area contributed by atoms with Crippen molar-refractivity contribution in [2.75, 3.05) is 23.2 Å². The lowest BCUT2D eigenvalue weighted by Gasteiger charge is -2.19. The molecule has 1 N–H and O–H groups in total. The molecular weight excluding hydrogens is 276 g/mol. The second-order valence-corrected chi connectivity index (χ2v) is 6.06. The number of nitrogens with one attached hydrogen (secondary N) is 1. The Balaban J connectivity index is 2.37. The van der Waals surface area contributed by atoms with E-state index >= 15 is 0 Å². The Morgan fingerprint density at radius 1 is 1.30 bits per heavy atom. The summed E-state index contributed by atoms with van der Waals surface area (Å²) in [6.45, 7) is 2.60. The second-order valence-electron chi connectivity index (χ2n) is 4.09. The van der Waals surface area contributed by atoms with Crippen LogP contribution in [0, 0.1) is 0 Å². The van der Waals surface area contributed by atoms with Gasteiger partial charge >= 0.3 is 0 Å². The van der Waals surface area contributed by atoms with Crippen LogP contribution in [0.1, 0.15) is 6.92 Å². The molecule has 2 aromatic rings. The van der Waals surface area contributed by atoms with Gasteiger partial charge < -0.3 is 5.32 Å². The maximum Gasteiger partial charge on any atom is 0.264 e. The zero-order valence-electron chi connectivity index (χ0n) is 11.3. The summed E-state index contributed by atoms with van der Waals surface area (Å²) in [4.78, 5) is 8.19. The predicted octanol–water partition coefficient (Wildman–Crippen LogP) is 1.73. The largest absolute Gasteiger partial charge is 0.370 e. The van der Waals surface area contributed by atoms with Gasteiger partial charge in [-0.1, -0.05) is 0 Å². The molecule has 2 aromatic heterocycles. The Bertz CT molecular complexity index is 674. The van der Waals surface area contributed by atoms with Crippen LogP contribution in [0.4, 0.5) is 11.5 Å². The van der Waals surface area contributed by atoms with Gasteiger partial charge in [0.05, 0.1) is 16.8 Å². The van der Waals surface area contributed by atoms with Gasteiger partial charge in [-0.05, 0) is 25.1 Å². The molecule has 2 heterocycles. The van der Waals surface area contributed by atoms with E-state index in [1.54, 1.807) is 18.3 Å². The highest BCUT2D eigenvalue weighted by Crippen LogP contribution is 2.21. The average Bonchev–Trinajstić information content (AvgIpc) is 2.48. The van der Waals surface area contributed by atoms with E-state index in [1.165, 1.54) is 35.9 Å². The summed E-state index contributed by atoms with van der Waals surface area (Å²) in [6.07, 6.45) is 4.57. The van der Waals surface area contributed by atoms with Gasteiger partial charge in [-0.15, -0.1) is 0 Å². The van der Waals surface area contributed by atoms with Gasteiger partial charge in [-0.25, -0.2) is 13.4 Å². The number of sulfonamides is 1. The summed E-state index contributed by atoms with van der Waals surface area (Å²) in [5, 5.41) is 2.99. The van der Waals surface area contributed by atoms with Crippen molar-refractivity contribution in [3.8, 4) is 0 Å². The van der Waals surface area contributed by atoms with E-state index in [0.29, 0.717) is 18.1 Å². The lowest BCUT2D eigenvalue weighted by atomic mass is 10.4. The molecule has 0 unspecified atom stereocenters. The first-order chi connectivity index (χ1) is 9.55. The van der Waals surface area contributed by atoms with Crippen molar-refractivity contribution >= 4 is 21.5 Å². The van der Waals surface area contributed by atoms with E-state index in [2.05, 4.69) is 15.3 Å². The Morgan fingerprint density at radius 2 is 2.10 bits per heavy atom. The van der Waals surface area contributed by atoms with E-state index in [1.807, 2.05) is 6.92 Å². The quantitative estimate of drug-likeness (QED) is 0.908. The van der Waals surface area contributed by atoms with E-state index in [0.717, 1.165) is 0 Å². The molecule has 7 heteroatoms. The maximum absolute atomic E-state index is 12.5. The summed E-state index contributed by atoms with van der Waals surface area (Å²) in [7, 11) is -2.12. The zero-order valence-corrected chi connectivity index (χ0v) is 12.1. The van der Waals surface area contributed by atoms with Crippen molar-refractivity contribution in [3.05, 3.63) is 42.9 Å². The summed E-state index contributed by atoms with van der Waals surface area (Å²) in [5.41, 5.74) is 0.509. The molecule has 0 amide bonds. The molecule has 0 fully saturated rings. The SMILES string of the molecule is CCNc1cc(S(=O)(=O)N(C)c2cccnc2)ccn1. The van der Waals surface area contributed by atoms with Gasteiger partial charge in [0.1, 0.15) is 5.82 Å². The lowest BCUT2D eigenvalue weighted by molar-refractivity contribution is 0.594. The highest BCUT2D eigenvalue weighted by Gasteiger charge is 2.21. The summed E-state index contributed by atoms with van der Waals surface area (Å²) >= 11 is 0. The number of anilines is 2. The fourth-order valence-electron chi connectivity index (χ4n) is 1.69. The third-order valence-electron chi connectivity index (χ3n) is 2.76. The Kier molecular flexibility index (Phi) is 4.19. The lowest BCUT2D eigenvalue weighted by Crippen LogP contribution is -2.26. The average molecular weight is 292 g/mol. The summed E-state index contributed by atoms with van der Waals surface area (Å²) < 4.78 is 26.3. The molecule has 0 saturated heterocycles. The van der Waals surface area contributed by atoms with Crippen molar-refractivity contribution in [1.82, 2.24) is 9.97 Å². The third-order valence-corrected chi connectivity index (χ3v) is 4.54. The van der Waals surface area contributed by atoms with Crippen LogP contribution in [0.5, 0.6) is 0 Å². The van der Waals surface area contributed by atoms with Crippen LogP contribution >= 0.6 is 0 Å². The molecule has 0 radical (unpaired) electrons. The van der Waals surface area contributed by atoms with Crippen molar-refractivity contribution in [3.63, 3.8) is 0 Å². The van der Waals surface area contributed by atoms with Gasteiger partial charge in [0, 0.05) is 32.1 Å². The first kappa shape index (κ1) is 14.3. The fourth-order valence-corrected chi connectivity index (χ4v) is 2.88. The van der Waals surface area contributed by atoms with E-state index in [4.69, 9.17) is 0 Å². The minimum atomic E-state index is -3.62. The number of hydrogen-bond acceptors (Lipinski definition) is 5. The summed E-state index contributed by atoms with van der Waals surface area (Å²) in [6, 6.07) is 6.38. The third kappa shape index (κ3) is 2.88. The molecule has 0 saturated carbocycles. The van der Waals surface area contributed by atoms with E-state index in [9.17, 15) is 8.42 Å². The van der Waals surface area contributed by atoms with E-state index in [-0.39, 0.29) is 4.90 Å². The minimum absolute atomic E-state index is 0.190. The molecule has 0 aliphatic carbocycles. The molecule has 0 bridgehead atoms. The first-order valence-corrected chi connectivity index (χ1v) is 7.58. The summed E-state index contributed by atoms with van der Waals surface area (Å²) in [5.74, 6) is 0.535. The van der Waals surface area contributed by atoms with Gasteiger partial charge in [0.25, 0.3) is 10.0 Å². The molecule has 20 heavy (non-hydrogen) atoms. The number of rotatable bonds is 5.